The number of benzene rings is 1. The molecule has 0 bridgehead atoms. The molecule has 0 saturated heterocycles. The van der Waals surface area contributed by atoms with Gasteiger partial charge in [-0.2, -0.15) is 0 Å². The van der Waals surface area contributed by atoms with Gasteiger partial charge >= 0.3 is 0 Å². The van der Waals surface area contributed by atoms with E-state index in [2.05, 4.69) is 10.0 Å². The number of nitrogens with one attached hydrogen (secondary N) is 2. The molecule has 0 saturated carbocycles. The Morgan fingerprint density at radius 2 is 1.90 bits per heavy atom. The lowest BCUT2D eigenvalue weighted by atomic mass is 10.2. The van der Waals surface area contributed by atoms with Crippen molar-refractivity contribution in [2.24, 2.45) is 0 Å². The lowest BCUT2D eigenvalue weighted by Crippen LogP contribution is -2.22. The fourth-order valence-corrected chi connectivity index (χ4v) is 4.28. The van der Waals surface area contributed by atoms with Crippen molar-refractivity contribution in [1.29, 1.82) is 0 Å². The first-order valence-corrected chi connectivity index (χ1v) is 8.67. The predicted octanol–water partition coefficient (Wildman–Crippen LogP) is 2.60. The van der Waals surface area contributed by atoms with E-state index in [1.807, 2.05) is 25.2 Å². The second kappa shape index (κ2) is 6.69. The maximum absolute atomic E-state index is 12.2. The van der Waals surface area contributed by atoms with E-state index in [4.69, 9.17) is 11.6 Å². The number of rotatable bonds is 6. The number of halogens is 1. The summed E-state index contributed by atoms with van der Waals surface area (Å²) in [7, 11) is -1.67. The van der Waals surface area contributed by atoms with E-state index in [1.165, 1.54) is 11.3 Å². The number of hydrogen-bond donors (Lipinski definition) is 2. The highest BCUT2D eigenvalue weighted by atomic mass is 35.5. The van der Waals surface area contributed by atoms with Crippen LogP contribution in [0.1, 0.15) is 10.4 Å². The van der Waals surface area contributed by atoms with Crippen molar-refractivity contribution in [3.8, 4) is 0 Å². The van der Waals surface area contributed by atoms with Crippen molar-refractivity contribution >= 4 is 33.0 Å². The van der Waals surface area contributed by atoms with Crippen LogP contribution in [0.2, 0.25) is 5.02 Å². The van der Waals surface area contributed by atoms with Crippen molar-refractivity contribution in [3.63, 3.8) is 0 Å². The van der Waals surface area contributed by atoms with Crippen molar-refractivity contribution in [1.82, 2.24) is 10.0 Å². The normalized spacial score (nSPS) is 11.7. The molecule has 0 atom stereocenters. The van der Waals surface area contributed by atoms with Gasteiger partial charge in [0.15, 0.2) is 0 Å². The Hall–Kier alpha value is -0.920. The van der Waals surface area contributed by atoms with Crippen LogP contribution in [-0.2, 0) is 23.1 Å². The Labute approximate surface area is 127 Å². The predicted molar refractivity (Wildman–Crippen MR) is 82.6 cm³/mol. The van der Waals surface area contributed by atoms with E-state index in [9.17, 15) is 8.42 Å². The molecule has 0 unspecified atom stereocenters. The minimum absolute atomic E-state index is 0.182. The van der Waals surface area contributed by atoms with Gasteiger partial charge in [-0.15, -0.1) is 11.3 Å². The van der Waals surface area contributed by atoms with Gasteiger partial charge in [0.25, 0.3) is 0 Å². The van der Waals surface area contributed by atoms with Gasteiger partial charge in [-0.25, -0.2) is 13.1 Å². The quantitative estimate of drug-likeness (QED) is 0.856. The Kier molecular flexibility index (Phi) is 5.17. The molecule has 1 aromatic heterocycles. The van der Waals surface area contributed by atoms with Crippen molar-refractivity contribution in [2.75, 3.05) is 7.05 Å². The van der Waals surface area contributed by atoms with Crippen LogP contribution in [0, 0.1) is 0 Å². The Bertz CT molecular complexity index is 683. The minimum Gasteiger partial charge on any atom is -0.315 e. The smallest absolute Gasteiger partial charge is 0.250 e. The molecule has 0 aliphatic heterocycles. The maximum atomic E-state index is 12.2. The second-order valence-electron chi connectivity index (χ2n) is 4.17. The second-order valence-corrected chi connectivity index (χ2v) is 7.74. The third-order valence-electron chi connectivity index (χ3n) is 2.66. The van der Waals surface area contributed by atoms with Crippen LogP contribution >= 0.6 is 22.9 Å². The van der Waals surface area contributed by atoms with Gasteiger partial charge in [-0.3, -0.25) is 0 Å². The zero-order valence-electron chi connectivity index (χ0n) is 10.9. The first-order valence-electron chi connectivity index (χ1n) is 5.99. The molecule has 20 heavy (non-hydrogen) atoms. The minimum atomic E-state index is -3.49. The average Bonchev–Trinajstić information content (AvgIpc) is 2.88. The number of sulfonamides is 1. The first-order chi connectivity index (χ1) is 9.53. The van der Waals surface area contributed by atoms with E-state index in [1.54, 1.807) is 18.2 Å². The largest absolute Gasteiger partial charge is 0.315 e. The van der Waals surface area contributed by atoms with Crippen LogP contribution in [0.15, 0.2) is 40.6 Å². The zero-order valence-corrected chi connectivity index (χ0v) is 13.3. The first kappa shape index (κ1) is 15.5. The molecule has 0 aliphatic rings. The standard InChI is InChI=1S/C13H15ClN2O2S2/c1-15-9-11-6-7-13(19-11)20(17,18)16-8-10-4-2-3-5-12(10)14/h2-7,15-16H,8-9H2,1H3. The molecular formula is C13H15ClN2O2S2. The molecule has 2 N–H and O–H groups in total. The molecule has 0 fully saturated rings. The number of thiophene rings is 1. The molecule has 0 radical (unpaired) electrons. The lowest BCUT2D eigenvalue weighted by Gasteiger charge is -2.06. The van der Waals surface area contributed by atoms with Crippen LogP contribution in [0.4, 0.5) is 0 Å². The van der Waals surface area contributed by atoms with Crippen LogP contribution < -0.4 is 10.0 Å². The summed E-state index contributed by atoms with van der Waals surface area (Å²) in [5, 5.41) is 3.54. The van der Waals surface area contributed by atoms with Gasteiger partial charge in [0.1, 0.15) is 4.21 Å². The van der Waals surface area contributed by atoms with E-state index < -0.39 is 10.0 Å². The zero-order chi connectivity index (χ0) is 14.6. The van der Waals surface area contributed by atoms with Gasteiger partial charge < -0.3 is 5.32 Å². The van der Waals surface area contributed by atoms with E-state index in [0.29, 0.717) is 15.8 Å². The van der Waals surface area contributed by atoms with Gasteiger partial charge in [-0.05, 0) is 30.8 Å². The van der Waals surface area contributed by atoms with Crippen LogP contribution in [0.3, 0.4) is 0 Å². The molecular weight excluding hydrogens is 316 g/mol. The third-order valence-corrected chi connectivity index (χ3v) is 6.01. The molecule has 7 heteroatoms. The molecule has 0 amide bonds. The van der Waals surface area contributed by atoms with Gasteiger partial charge in [0, 0.05) is 23.0 Å². The third kappa shape index (κ3) is 3.80. The highest BCUT2D eigenvalue weighted by molar-refractivity contribution is 7.91. The van der Waals surface area contributed by atoms with E-state index in [0.717, 1.165) is 10.4 Å². The van der Waals surface area contributed by atoms with Gasteiger partial charge in [0.2, 0.25) is 10.0 Å². The highest BCUT2D eigenvalue weighted by Crippen LogP contribution is 2.22. The van der Waals surface area contributed by atoms with Crippen LogP contribution in [-0.4, -0.2) is 15.5 Å². The average molecular weight is 331 g/mol. The summed E-state index contributed by atoms with van der Waals surface area (Å²) < 4.78 is 27.2. The topological polar surface area (TPSA) is 58.2 Å². The van der Waals surface area contributed by atoms with Gasteiger partial charge in [0.05, 0.1) is 0 Å². The highest BCUT2D eigenvalue weighted by Gasteiger charge is 2.16. The maximum Gasteiger partial charge on any atom is 0.250 e. The summed E-state index contributed by atoms with van der Waals surface area (Å²) in [5.41, 5.74) is 0.754. The van der Waals surface area contributed by atoms with Crippen molar-refractivity contribution in [2.45, 2.75) is 17.3 Å². The fraction of sp³-hybridized carbons (Fsp3) is 0.231. The Morgan fingerprint density at radius 3 is 2.60 bits per heavy atom. The van der Waals surface area contributed by atoms with Gasteiger partial charge in [-0.1, -0.05) is 29.8 Å². The SMILES string of the molecule is CNCc1ccc(S(=O)(=O)NCc2ccccc2Cl)s1. The molecule has 2 rings (SSSR count). The fourth-order valence-electron chi connectivity index (χ4n) is 1.66. The van der Waals surface area contributed by atoms with Crippen molar-refractivity contribution < 1.29 is 8.42 Å². The van der Waals surface area contributed by atoms with E-state index >= 15 is 0 Å². The Morgan fingerprint density at radius 1 is 1.15 bits per heavy atom. The summed E-state index contributed by atoms with van der Waals surface area (Å²) in [6, 6.07) is 10.6. The van der Waals surface area contributed by atoms with E-state index in [-0.39, 0.29) is 6.54 Å². The molecule has 0 spiro atoms. The van der Waals surface area contributed by atoms with Crippen LogP contribution in [0.5, 0.6) is 0 Å². The summed E-state index contributed by atoms with van der Waals surface area (Å²) in [5.74, 6) is 0. The molecule has 1 heterocycles. The summed E-state index contributed by atoms with van der Waals surface area (Å²) >= 11 is 7.26. The Balaban J connectivity index is 2.09. The molecule has 108 valence electrons. The molecule has 2 aromatic rings. The summed E-state index contributed by atoms with van der Waals surface area (Å²) in [6.07, 6.45) is 0. The summed E-state index contributed by atoms with van der Waals surface area (Å²) in [6.45, 7) is 0.839. The van der Waals surface area contributed by atoms with Crippen LogP contribution in [0.25, 0.3) is 0 Å². The molecule has 0 aliphatic carbocycles. The monoisotopic (exact) mass is 330 g/mol. The van der Waals surface area contributed by atoms with Crippen molar-refractivity contribution in [3.05, 3.63) is 51.9 Å². The molecule has 1 aromatic carbocycles. The summed E-state index contributed by atoms with van der Waals surface area (Å²) in [4.78, 5) is 0.977. The molecule has 4 nitrogen and oxygen atoms in total. The number of hydrogen-bond acceptors (Lipinski definition) is 4. The lowest BCUT2D eigenvalue weighted by molar-refractivity contribution is 0.583.